The van der Waals surface area contributed by atoms with Crippen molar-refractivity contribution in [3.63, 3.8) is 0 Å². The molecule has 0 saturated heterocycles. The van der Waals surface area contributed by atoms with Gasteiger partial charge in [0.2, 0.25) is 0 Å². The third-order valence-corrected chi connectivity index (χ3v) is 1.29. The molecule has 0 aliphatic heterocycles. The van der Waals surface area contributed by atoms with Crippen molar-refractivity contribution in [1.82, 2.24) is 9.78 Å². The number of nitrogens with zero attached hydrogens (tertiary/aromatic N) is 2. The van der Waals surface area contributed by atoms with Crippen molar-refractivity contribution in [3.05, 3.63) is 18.8 Å². The zero-order chi connectivity index (χ0) is 7.56. The zero-order valence-corrected chi connectivity index (χ0v) is 6.39. The van der Waals surface area contributed by atoms with Crippen LogP contribution in [-0.4, -0.2) is 16.8 Å². The highest BCUT2D eigenvalue weighted by molar-refractivity contribution is 6.44. The Kier molecular flexibility index (Phi) is 1.97. The quantitative estimate of drug-likeness (QED) is 0.707. The third kappa shape index (κ3) is 1.14. The van der Waals surface area contributed by atoms with Crippen LogP contribution in [0.15, 0.2) is 18.8 Å². The Balaban J connectivity index is 3.01. The van der Waals surface area contributed by atoms with E-state index in [-0.39, 0.29) is 0 Å². The average molecular weight is 158 g/mol. The minimum absolute atomic E-state index is 0.384. The van der Waals surface area contributed by atoms with Crippen LogP contribution < -0.4 is 5.32 Å². The molecule has 0 aromatic carbocycles. The van der Waals surface area contributed by atoms with E-state index in [0.717, 1.165) is 5.82 Å². The second-order valence-electron chi connectivity index (χ2n) is 1.75. The molecule has 0 aliphatic rings. The summed E-state index contributed by atoms with van der Waals surface area (Å²) in [6.07, 6.45) is 1.65. The molecule has 1 aromatic rings. The second kappa shape index (κ2) is 2.75. The summed E-state index contributed by atoms with van der Waals surface area (Å²) in [6, 6.07) is 1.81. The van der Waals surface area contributed by atoms with Crippen molar-refractivity contribution in [1.29, 1.82) is 0 Å². The van der Waals surface area contributed by atoms with Crippen LogP contribution in [0, 0.1) is 0 Å². The highest BCUT2D eigenvalue weighted by Gasteiger charge is 1.99. The van der Waals surface area contributed by atoms with Gasteiger partial charge < -0.3 is 5.32 Å². The fourth-order valence-electron chi connectivity index (χ4n) is 0.686. The lowest BCUT2D eigenvalue weighted by Crippen LogP contribution is -1.99. The Labute approximate surface area is 64.3 Å². The summed E-state index contributed by atoms with van der Waals surface area (Å²) >= 11 is 5.59. The topological polar surface area (TPSA) is 29.9 Å². The maximum Gasteiger partial charge on any atom is 0.130 e. The molecule has 4 heteroatoms. The van der Waals surface area contributed by atoms with Crippen molar-refractivity contribution >= 4 is 22.6 Å². The van der Waals surface area contributed by atoms with Gasteiger partial charge >= 0.3 is 0 Å². The van der Waals surface area contributed by atoms with Crippen LogP contribution in [0.25, 0.3) is 5.16 Å². The predicted octanol–water partition coefficient (Wildman–Crippen LogP) is 1.59. The van der Waals surface area contributed by atoms with Gasteiger partial charge in [-0.05, 0) is 0 Å². The van der Waals surface area contributed by atoms with E-state index in [1.807, 2.05) is 6.07 Å². The van der Waals surface area contributed by atoms with Gasteiger partial charge in [-0.25, -0.2) is 4.68 Å². The van der Waals surface area contributed by atoms with Gasteiger partial charge in [-0.2, -0.15) is 5.10 Å². The molecule has 0 bridgehead atoms. The standard InChI is InChI=1S/C6H8ClN3/c1-5(7)10-6(8-2)3-4-9-10/h3-4,8H,1H2,2H3. The Bertz CT molecular complexity index is 241. The molecule has 3 nitrogen and oxygen atoms in total. The summed E-state index contributed by atoms with van der Waals surface area (Å²) in [7, 11) is 1.80. The normalized spacial score (nSPS) is 9.40. The van der Waals surface area contributed by atoms with Crippen molar-refractivity contribution in [2.24, 2.45) is 0 Å². The number of rotatable bonds is 2. The molecule has 0 unspecified atom stereocenters. The summed E-state index contributed by atoms with van der Waals surface area (Å²) in [4.78, 5) is 0. The van der Waals surface area contributed by atoms with Gasteiger partial charge in [-0.1, -0.05) is 18.2 Å². The molecule has 0 saturated carbocycles. The predicted molar refractivity (Wildman–Crippen MR) is 43.0 cm³/mol. The molecule has 1 heterocycles. The molecule has 54 valence electrons. The van der Waals surface area contributed by atoms with E-state index in [4.69, 9.17) is 11.6 Å². The number of hydrogen-bond donors (Lipinski definition) is 1. The SMILES string of the molecule is C=C(Cl)n1nccc1NC. The molecule has 1 N–H and O–H groups in total. The van der Waals surface area contributed by atoms with Crippen LogP contribution in [0.4, 0.5) is 5.82 Å². The first-order valence-electron chi connectivity index (χ1n) is 2.82. The van der Waals surface area contributed by atoms with Gasteiger partial charge in [0.25, 0.3) is 0 Å². The molecule has 0 radical (unpaired) electrons. The van der Waals surface area contributed by atoms with E-state index in [2.05, 4.69) is 17.0 Å². The summed E-state index contributed by atoms with van der Waals surface area (Å²) in [5.74, 6) is 0.833. The van der Waals surface area contributed by atoms with Gasteiger partial charge in [-0.15, -0.1) is 0 Å². The van der Waals surface area contributed by atoms with Crippen molar-refractivity contribution in [2.45, 2.75) is 0 Å². The number of halogens is 1. The van der Waals surface area contributed by atoms with Crippen molar-refractivity contribution in [3.8, 4) is 0 Å². The summed E-state index contributed by atoms with van der Waals surface area (Å²) < 4.78 is 1.52. The van der Waals surface area contributed by atoms with Crippen LogP contribution in [0.5, 0.6) is 0 Å². The van der Waals surface area contributed by atoms with Gasteiger partial charge in [0.05, 0.1) is 6.20 Å². The van der Waals surface area contributed by atoms with Gasteiger partial charge in [0.1, 0.15) is 11.0 Å². The van der Waals surface area contributed by atoms with Crippen molar-refractivity contribution < 1.29 is 0 Å². The number of hydrogen-bond acceptors (Lipinski definition) is 2. The monoisotopic (exact) mass is 157 g/mol. The lowest BCUT2D eigenvalue weighted by atomic mass is 10.6. The molecule has 0 amide bonds. The highest BCUT2D eigenvalue weighted by atomic mass is 35.5. The third-order valence-electron chi connectivity index (χ3n) is 1.13. The van der Waals surface area contributed by atoms with E-state index >= 15 is 0 Å². The first kappa shape index (κ1) is 7.15. The van der Waals surface area contributed by atoms with E-state index in [1.54, 1.807) is 13.2 Å². The fourth-order valence-corrected chi connectivity index (χ4v) is 0.821. The second-order valence-corrected chi connectivity index (χ2v) is 2.19. The van der Waals surface area contributed by atoms with E-state index in [1.165, 1.54) is 4.68 Å². The number of anilines is 1. The lowest BCUT2D eigenvalue weighted by molar-refractivity contribution is 0.930. The van der Waals surface area contributed by atoms with Crippen LogP contribution in [0.1, 0.15) is 0 Å². The summed E-state index contributed by atoms with van der Waals surface area (Å²) in [5, 5.41) is 7.20. The Morgan fingerprint density at radius 3 is 3.00 bits per heavy atom. The van der Waals surface area contributed by atoms with Crippen LogP contribution >= 0.6 is 11.6 Å². The summed E-state index contributed by atoms with van der Waals surface area (Å²) in [5.41, 5.74) is 0. The zero-order valence-electron chi connectivity index (χ0n) is 5.63. The minimum atomic E-state index is 0.384. The molecule has 1 aromatic heterocycles. The molecule has 10 heavy (non-hydrogen) atoms. The van der Waals surface area contributed by atoms with Crippen LogP contribution in [0.3, 0.4) is 0 Å². The largest absolute Gasteiger partial charge is 0.373 e. The fraction of sp³-hybridized carbons (Fsp3) is 0.167. The maximum absolute atomic E-state index is 5.59. The highest BCUT2D eigenvalue weighted by Crippen LogP contribution is 2.12. The Morgan fingerprint density at radius 2 is 2.60 bits per heavy atom. The molecular formula is C6H8ClN3. The first-order chi connectivity index (χ1) is 4.75. The number of nitrogens with one attached hydrogen (secondary N) is 1. The lowest BCUT2D eigenvalue weighted by Gasteiger charge is -2.01. The summed E-state index contributed by atoms with van der Waals surface area (Å²) in [6.45, 7) is 3.53. The Hall–Kier alpha value is -0.960. The maximum atomic E-state index is 5.59. The number of aromatic nitrogens is 2. The Morgan fingerprint density at radius 1 is 1.90 bits per heavy atom. The van der Waals surface area contributed by atoms with Crippen LogP contribution in [-0.2, 0) is 0 Å². The van der Waals surface area contributed by atoms with E-state index in [9.17, 15) is 0 Å². The van der Waals surface area contributed by atoms with Gasteiger partial charge in [-0.3, -0.25) is 0 Å². The minimum Gasteiger partial charge on any atom is -0.373 e. The van der Waals surface area contributed by atoms with Gasteiger partial charge in [0.15, 0.2) is 0 Å². The first-order valence-corrected chi connectivity index (χ1v) is 3.20. The van der Waals surface area contributed by atoms with E-state index < -0.39 is 0 Å². The molecule has 0 fully saturated rings. The molecular weight excluding hydrogens is 150 g/mol. The van der Waals surface area contributed by atoms with Crippen LogP contribution in [0.2, 0.25) is 0 Å². The van der Waals surface area contributed by atoms with Gasteiger partial charge in [0, 0.05) is 13.1 Å². The average Bonchev–Trinajstić information content (AvgIpc) is 2.33. The smallest absolute Gasteiger partial charge is 0.130 e. The molecule has 0 aliphatic carbocycles. The molecule has 0 atom stereocenters. The van der Waals surface area contributed by atoms with Crippen molar-refractivity contribution in [2.75, 3.05) is 12.4 Å². The van der Waals surface area contributed by atoms with E-state index in [0.29, 0.717) is 5.16 Å². The molecule has 0 spiro atoms. The molecule has 1 rings (SSSR count).